The minimum atomic E-state index is 0.427. The van der Waals surface area contributed by atoms with Crippen LogP contribution >= 0.6 is 0 Å². The number of imidazole rings is 1. The van der Waals surface area contributed by atoms with Crippen molar-refractivity contribution in [2.45, 2.75) is 40.2 Å². The first-order chi connectivity index (χ1) is 8.04. The zero-order valence-corrected chi connectivity index (χ0v) is 10.8. The summed E-state index contributed by atoms with van der Waals surface area (Å²) in [5, 5.41) is 4.39. The van der Waals surface area contributed by atoms with Crippen LogP contribution in [0.4, 0.5) is 5.69 Å². The van der Waals surface area contributed by atoms with Crippen LogP contribution in [0.2, 0.25) is 0 Å². The fraction of sp³-hybridized carbons (Fsp3) is 0.500. The van der Waals surface area contributed by atoms with Gasteiger partial charge in [0.15, 0.2) is 5.82 Å². The van der Waals surface area contributed by atoms with E-state index in [0.717, 1.165) is 29.5 Å². The number of nitrogens with two attached hydrogens (primary N) is 1. The van der Waals surface area contributed by atoms with Gasteiger partial charge in [0, 0.05) is 18.4 Å². The number of aryl methyl sites for hydroxylation is 2. The van der Waals surface area contributed by atoms with Crippen LogP contribution in [-0.4, -0.2) is 19.7 Å². The fourth-order valence-electron chi connectivity index (χ4n) is 1.82. The highest BCUT2D eigenvalue weighted by Crippen LogP contribution is 2.27. The number of anilines is 1. The third-order valence-electron chi connectivity index (χ3n) is 2.92. The summed E-state index contributed by atoms with van der Waals surface area (Å²) in [5.41, 5.74) is 9.61. The molecule has 0 aliphatic heterocycles. The Balaban J connectivity index is 2.51. The van der Waals surface area contributed by atoms with Gasteiger partial charge in [-0.1, -0.05) is 13.8 Å². The molecule has 0 atom stereocenters. The second kappa shape index (κ2) is 4.24. The second-order valence-corrected chi connectivity index (χ2v) is 4.51. The molecule has 92 valence electrons. The van der Waals surface area contributed by atoms with Crippen molar-refractivity contribution in [1.82, 2.24) is 19.7 Å². The summed E-state index contributed by atoms with van der Waals surface area (Å²) < 4.78 is 1.88. The summed E-state index contributed by atoms with van der Waals surface area (Å²) in [5.74, 6) is 1.23. The summed E-state index contributed by atoms with van der Waals surface area (Å²) in [6.07, 6.45) is 1.86. The van der Waals surface area contributed by atoms with E-state index in [-0.39, 0.29) is 0 Å². The van der Waals surface area contributed by atoms with Crippen molar-refractivity contribution in [2.75, 3.05) is 5.73 Å². The Morgan fingerprint density at radius 2 is 2.18 bits per heavy atom. The lowest BCUT2D eigenvalue weighted by molar-refractivity contribution is 0.657. The molecule has 2 rings (SSSR count). The molecule has 2 heterocycles. The Morgan fingerprint density at radius 1 is 1.47 bits per heavy atom. The van der Waals surface area contributed by atoms with Gasteiger partial charge in [0.2, 0.25) is 0 Å². The van der Waals surface area contributed by atoms with Crippen molar-refractivity contribution < 1.29 is 0 Å². The molecule has 0 aliphatic rings. The Labute approximate surface area is 101 Å². The zero-order chi connectivity index (χ0) is 12.6. The number of hydrogen-bond acceptors (Lipinski definition) is 3. The molecule has 0 bridgehead atoms. The standard InChI is InChI=1S/C12H19N5/c1-5-17-11(10(13)8(4)16-17)12-14-6-9(15-12)7(2)3/h6-7H,5,13H2,1-4H3,(H,14,15). The molecular weight excluding hydrogens is 214 g/mol. The average molecular weight is 233 g/mol. The third-order valence-corrected chi connectivity index (χ3v) is 2.92. The zero-order valence-electron chi connectivity index (χ0n) is 10.8. The smallest absolute Gasteiger partial charge is 0.158 e. The van der Waals surface area contributed by atoms with Crippen molar-refractivity contribution in [2.24, 2.45) is 0 Å². The van der Waals surface area contributed by atoms with Crippen LogP contribution in [0, 0.1) is 6.92 Å². The Hall–Kier alpha value is -1.78. The lowest BCUT2D eigenvalue weighted by Crippen LogP contribution is -2.01. The maximum atomic E-state index is 6.05. The SMILES string of the molecule is CCn1nc(C)c(N)c1-c1ncc(C(C)C)[nH]1. The summed E-state index contributed by atoms with van der Waals surface area (Å²) in [6.45, 7) is 9.00. The summed E-state index contributed by atoms with van der Waals surface area (Å²) in [7, 11) is 0. The fourth-order valence-corrected chi connectivity index (χ4v) is 1.82. The highest BCUT2D eigenvalue weighted by atomic mass is 15.3. The van der Waals surface area contributed by atoms with E-state index in [9.17, 15) is 0 Å². The summed E-state index contributed by atoms with van der Waals surface area (Å²) in [6, 6.07) is 0. The molecule has 0 saturated carbocycles. The summed E-state index contributed by atoms with van der Waals surface area (Å²) in [4.78, 5) is 7.70. The van der Waals surface area contributed by atoms with Crippen LogP contribution in [0.15, 0.2) is 6.20 Å². The minimum Gasteiger partial charge on any atom is -0.395 e. The molecule has 0 unspecified atom stereocenters. The first-order valence-corrected chi connectivity index (χ1v) is 5.92. The normalized spacial score (nSPS) is 11.4. The topological polar surface area (TPSA) is 72.5 Å². The Bertz CT molecular complexity index is 521. The first-order valence-electron chi connectivity index (χ1n) is 5.92. The van der Waals surface area contributed by atoms with E-state index in [2.05, 4.69) is 28.9 Å². The molecule has 0 saturated heterocycles. The van der Waals surface area contributed by atoms with Gasteiger partial charge >= 0.3 is 0 Å². The third kappa shape index (κ3) is 1.92. The molecule has 0 amide bonds. The van der Waals surface area contributed by atoms with E-state index >= 15 is 0 Å². The molecule has 0 aromatic carbocycles. The van der Waals surface area contributed by atoms with Gasteiger partial charge in [-0.2, -0.15) is 5.10 Å². The van der Waals surface area contributed by atoms with Gasteiger partial charge in [0.1, 0.15) is 5.69 Å². The van der Waals surface area contributed by atoms with Crippen molar-refractivity contribution in [1.29, 1.82) is 0 Å². The van der Waals surface area contributed by atoms with Crippen LogP contribution in [0.25, 0.3) is 11.5 Å². The summed E-state index contributed by atoms with van der Waals surface area (Å²) >= 11 is 0. The van der Waals surface area contributed by atoms with Crippen molar-refractivity contribution in [3.63, 3.8) is 0 Å². The van der Waals surface area contributed by atoms with Crippen LogP contribution in [0.3, 0.4) is 0 Å². The Kier molecular flexibility index (Phi) is 2.92. The molecule has 0 spiro atoms. The predicted molar refractivity (Wildman–Crippen MR) is 68.7 cm³/mol. The number of nitrogens with zero attached hydrogens (tertiary/aromatic N) is 3. The average Bonchev–Trinajstić information content (AvgIpc) is 2.85. The number of hydrogen-bond donors (Lipinski definition) is 2. The van der Waals surface area contributed by atoms with Gasteiger partial charge in [-0.25, -0.2) is 4.98 Å². The van der Waals surface area contributed by atoms with Gasteiger partial charge in [-0.05, 0) is 19.8 Å². The lowest BCUT2D eigenvalue weighted by atomic mass is 10.2. The van der Waals surface area contributed by atoms with Crippen LogP contribution in [0.5, 0.6) is 0 Å². The number of aromatic nitrogens is 4. The lowest BCUT2D eigenvalue weighted by Gasteiger charge is -2.03. The maximum absolute atomic E-state index is 6.05. The van der Waals surface area contributed by atoms with Gasteiger partial charge < -0.3 is 10.7 Å². The number of rotatable bonds is 3. The van der Waals surface area contributed by atoms with Crippen LogP contribution in [0.1, 0.15) is 38.1 Å². The number of nitrogen functional groups attached to an aromatic ring is 1. The molecule has 5 nitrogen and oxygen atoms in total. The van der Waals surface area contributed by atoms with E-state index in [4.69, 9.17) is 5.73 Å². The second-order valence-electron chi connectivity index (χ2n) is 4.51. The molecule has 2 aromatic heterocycles. The number of aromatic amines is 1. The van der Waals surface area contributed by atoms with Crippen LogP contribution < -0.4 is 5.73 Å². The molecule has 2 aromatic rings. The van der Waals surface area contributed by atoms with E-state index in [0.29, 0.717) is 11.6 Å². The predicted octanol–water partition coefficient (Wildman–Crippen LogP) is 2.31. The quantitative estimate of drug-likeness (QED) is 0.854. The number of H-pyrrole nitrogens is 1. The molecular formula is C12H19N5. The molecule has 17 heavy (non-hydrogen) atoms. The van der Waals surface area contributed by atoms with Gasteiger partial charge in [0.25, 0.3) is 0 Å². The van der Waals surface area contributed by atoms with Crippen molar-refractivity contribution >= 4 is 5.69 Å². The van der Waals surface area contributed by atoms with E-state index < -0.39 is 0 Å². The number of nitrogens with one attached hydrogen (secondary N) is 1. The Morgan fingerprint density at radius 3 is 2.71 bits per heavy atom. The van der Waals surface area contributed by atoms with Crippen molar-refractivity contribution in [3.8, 4) is 11.5 Å². The molecule has 0 aliphatic carbocycles. The first kappa shape index (κ1) is 11.7. The van der Waals surface area contributed by atoms with E-state index in [1.54, 1.807) is 0 Å². The molecule has 5 heteroatoms. The molecule has 0 fully saturated rings. The molecule has 3 N–H and O–H groups in total. The minimum absolute atomic E-state index is 0.427. The van der Waals surface area contributed by atoms with E-state index in [1.165, 1.54) is 0 Å². The highest BCUT2D eigenvalue weighted by molar-refractivity contribution is 5.70. The maximum Gasteiger partial charge on any atom is 0.158 e. The largest absolute Gasteiger partial charge is 0.395 e. The van der Waals surface area contributed by atoms with E-state index in [1.807, 2.05) is 24.7 Å². The highest BCUT2D eigenvalue weighted by Gasteiger charge is 2.16. The van der Waals surface area contributed by atoms with Gasteiger partial charge in [-0.15, -0.1) is 0 Å². The monoisotopic (exact) mass is 233 g/mol. The van der Waals surface area contributed by atoms with Gasteiger partial charge in [0.05, 0.1) is 11.4 Å². The molecule has 0 radical (unpaired) electrons. The van der Waals surface area contributed by atoms with Gasteiger partial charge in [-0.3, -0.25) is 4.68 Å². The van der Waals surface area contributed by atoms with Crippen molar-refractivity contribution in [3.05, 3.63) is 17.6 Å². The van der Waals surface area contributed by atoms with Crippen LogP contribution in [-0.2, 0) is 6.54 Å².